The third-order valence-electron chi connectivity index (χ3n) is 12.6. The van der Waals surface area contributed by atoms with E-state index in [1.807, 2.05) is 34.6 Å². The molecule has 3 saturated carbocycles. The van der Waals surface area contributed by atoms with Gasteiger partial charge < -0.3 is 50.3 Å². The van der Waals surface area contributed by atoms with Crippen LogP contribution in [0.1, 0.15) is 92.4 Å². The van der Waals surface area contributed by atoms with Crippen LogP contribution in [0.4, 0.5) is 0 Å². The van der Waals surface area contributed by atoms with Crippen molar-refractivity contribution in [3.05, 3.63) is 11.6 Å². The van der Waals surface area contributed by atoms with E-state index in [2.05, 4.69) is 0 Å². The molecule has 0 amide bonds. The van der Waals surface area contributed by atoms with E-state index < -0.39 is 83.1 Å². The Kier molecular flexibility index (Phi) is 9.06. The molecular formula is C33H54O11. The van der Waals surface area contributed by atoms with Crippen molar-refractivity contribution in [2.24, 2.45) is 28.6 Å². The number of aliphatic hydroxyl groups excluding tert-OH is 6. The second-order valence-corrected chi connectivity index (χ2v) is 15.9. The van der Waals surface area contributed by atoms with Crippen LogP contribution in [-0.2, 0) is 14.3 Å². The summed E-state index contributed by atoms with van der Waals surface area (Å²) in [5.41, 5.74) is -3.73. The van der Waals surface area contributed by atoms with Gasteiger partial charge in [0.05, 0.1) is 35.6 Å². The van der Waals surface area contributed by atoms with Crippen LogP contribution in [0.3, 0.4) is 0 Å². The average molecular weight is 627 g/mol. The van der Waals surface area contributed by atoms with Crippen molar-refractivity contribution >= 4 is 5.78 Å². The first-order valence-corrected chi connectivity index (χ1v) is 16.4. The zero-order chi connectivity index (χ0) is 32.6. The Labute approximate surface area is 259 Å². The van der Waals surface area contributed by atoms with E-state index in [1.54, 1.807) is 6.08 Å². The highest BCUT2D eigenvalue weighted by Gasteiger charge is 2.68. The summed E-state index contributed by atoms with van der Waals surface area (Å²) in [6, 6.07) is 0. The van der Waals surface area contributed by atoms with Gasteiger partial charge in [0.2, 0.25) is 0 Å². The first-order chi connectivity index (χ1) is 20.3. The Morgan fingerprint density at radius 2 is 1.64 bits per heavy atom. The number of rotatable bonds is 8. The van der Waals surface area contributed by atoms with E-state index in [0.717, 1.165) is 12.0 Å². The number of hydrogen-bond donors (Lipinski definition) is 8. The summed E-state index contributed by atoms with van der Waals surface area (Å²) >= 11 is 0. The second kappa shape index (κ2) is 11.6. The Bertz CT molecular complexity index is 1120. The summed E-state index contributed by atoms with van der Waals surface area (Å²) in [5, 5.41) is 85.3. The zero-order valence-corrected chi connectivity index (χ0v) is 26.7. The molecule has 5 rings (SSSR count). The highest BCUT2D eigenvalue weighted by Crippen LogP contribution is 2.68. The monoisotopic (exact) mass is 626 g/mol. The van der Waals surface area contributed by atoms with Gasteiger partial charge in [-0.15, -0.1) is 0 Å². The van der Waals surface area contributed by atoms with Crippen LogP contribution in [0.25, 0.3) is 0 Å². The highest BCUT2D eigenvalue weighted by molar-refractivity contribution is 5.95. The summed E-state index contributed by atoms with van der Waals surface area (Å²) < 4.78 is 11.5. The van der Waals surface area contributed by atoms with Crippen molar-refractivity contribution in [2.75, 3.05) is 6.61 Å². The van der Waals surface area contributed by atoms with Crippen LogP contribution in [-0.4, -0.2) is 113 Å². The fourth-order valence-corrected chi connectivity index (χ4v) is 9.95. The zero-order valence-electron chi connectivity index (χ0n) is 26.7. The quantitative estimate of drug-likeness (QED) is 0.189. The van der Waals surface area contributed by atoms with Gasteiger partial charge in [-0.05, 0) is 107 Å². The third-order valence-corrected chi connectivity index (χ3v) is 12.6. The molecule has 11 nitrogen and oxygen atoms in total. The van der Waals surface area contributed by atoms with E-state index >= 15 is 0 Å². The molecule has 11 heteroatoms. The molecule has 1 aliphatic heterocycles. The second-order valence-electron chi connectivity index (χ2n) is 15.9. The molecule has 4 aliphatic carbocycles. The van der Waals surface area contributed by atoms with Gasteiger partial charge in [-0.1, -0.05) is 13.8 Å². The first-order valence-electron chi connectivity index (χ1n) is 16.4. The Morgan fingerprint density at radius 1 is 0.955 bits per heavy atom. The van der Waals surface area contributed by atoms with Gasteiger partial charge >= 0.3 is 0 Å². The fourth-order valence-electron chi connectivity index (χ4n) is 9.95. The van der Waals surface area contributed by atoms with Crippen LogP contribution < -0.4 is 0 Å². The normalized spacial score (nSPS) is 49.0. The Balaban J connectivity index is 1.27. The lowest BCUT2D eigenvalue weighted by atomic mass is 9.45. The predicted molar refractivity (Wildman–Crippen MR) is 158 cm³/mol. The van der Waals surface area contributed by atoms with E-state index in [4.69, 9.17) is 9.47 Å². The van der Waals surface area contributed by atoms with Gasteiger partial charge in [-0.2, -0.15) is 0 Å². The van der Waals surface area contributed by atoms with Crippen molar-refractivity contribution in [1.82, 2.24) is 0 Å². The molecule has 1 saturated heterocycles. The minimum Gasteiger partial charge on any atom is -0.394 e. The fraction of sp³-hybridized carbons (Fsp3) is 0.909. The summed E-state index contributed by atoms with van der Waals surface area (Å²) in [4.78, 5) is 13.4. The molecule has 0 bridgehead atoms. The summed E-state index contributed by atoms with van der Waals surface area (Å²) in [6.45, 7) is 8.93. The molecule has 0 aromatic carbocycles. The molecule has 14 atom stereocenters. The first kappa shape index (κ1) is 34.3. The minimum absolute atomic E-state index is 0.0884. The topological polar surface area (TPSA) is 197 Å². The number of aliphatic hydroxyl groups is 8. The number of carbonyl (C=O) groups excluding carboxylic acids is 1. The molecule has 0 radical (unpaired) electrons. The maximum atomic E-state index is 13.4. The number of ketones is 1. The van der Waals surface area contributed by atoms with E-state index in [9.17, 15) is 45.6 Å². The van der Waals surface area contributed by atoms with Gasteiger partial charge in [-0.25, -0.2) is 0 Å². The molecule has 0 aromatic rings. The maximum absolute atomic E-state index is 13.4. The number of carbonyl (C=O) groups is 1. The lowest BCUT2D eigenvalue weighted by Crippen LogP contribution is -2.61. The lowest BCUT2D eigenvalue weighted by Gasteiger charge is -2.60. The van der Waals surface area contributed by atoms with Crippen molar-refractivity contribution in [1.29, 1.82) is 0 Å². The molecule has 5 aliphatic rings. The largest absolute Gasteiger partial charge is 0.394 e. The number of allylic oxidation sites excluding steroid dienone is 1. The predicted octanol–water partition coefficient (Wildman–Crippen LogP) is 0.707. The number of hydrogen-bond acceptors (Lipinski definition) is 11. The molecular weight excluding hydrogens is 572 g/mol. The molecule has 44 heavy (non-hydrogen) atoms. The van der Waals surface area contributed by atoms with Gasteiger partial charge in [0.15, 0.2) is 12.1 Å². The highest BCUT2D eigenvalue weighted by atomic mass is 16.7. The van der Waals surface area contributed by atoms with Gasteiger partial charge in [0.1, 0.15) is 24.4 Å². The van der Waals surface area contributed by atoms with Crippen LogP contribution in [0, 0.1) is 28.6 Å². The molecule has 0 aromatic heterocycles. The molecule has 0 spiro atoms. The van der Waals surface area contributed by atoms with Gasteiger partial charge in [-0.3, -0.25) is 4.79 Å². The molecule has 8 N–H and O–H groups in total. The third kappa shape index (κ3) is 5.42. The van der Waals surface area contributed by atoms with Crippen molar-refractivity contribution in [3.63, 3.8) is 0 Å². The van der Waals surface area contributed by atoms with E-state index in [-0.39, 0.29) is 24.0 Å². The smallest absolute Gasteiger partial charge is 0.187 e. The lowest BCUT2D eigenvalue weighted by molar-refractivity contribution is -0.323. The standard InChI is InChI=1S/C33H54O11/c1-29(2,44-28-27(40)26(39)25(38)23(16-34)43-28)9-6-10-32(5,41)24-8-12-33(42)18-13-20(35)19-14-21(36)22(37)15-30(19,3)17(18)7-11-31(24,33)4/h13,17,19,21-28,34,36-42H,6-12,14-16H2,1-5H3. The minimum atomic E-state index is -1.53. The number of ether oxygens (including phenoxy) is 2. The Hall–Kier alpha value is -0.990. The summed E-state index contributed by atoms with van der Waals surface area (Å²) in [5.74, 6) is -0.819. The molecule has 14 unspecified atom stereocenters. The average Bonchev–Trinajstić information content (AvgIpc) is 3.22. The SMILES string of the molecule is CC(C)(CCCC(C)(O)C1CCC2(O)C3=CC(=O)C4CC(O)C(O)CC4(C)C3CCC12C)OC1OC(CO)C(O)C(O)C1O. The van der Waals surface area contributed by atoms with Crippen molar-refractivity contribution in [2.45, 2.75) is 152 Å². The maximum Gasteiger partial charge on any atom is 0.187 e. The molecule has 1 heterocycles. The van der Waals surface area contributed by atoms with Gasteiger partial charge in [0, 0.05) is 11.3 Å². The van der Waals surface area contributed by atoms with Crippen molar-refractivity contribution < 1.29 is 55.1 Å². The Morgan fingerprint density at radius 3 is 2.30 bits per heavy atom. The van der Waals surface area contributed by atoms with E-state index in [1.165, 1.54) is 0 Å². The van der Waals surface area contributed by atoms with Crippen LogP contribution >= 0.6 is 0 Å². The van der Waals surface area contributed by atoms with E-state index in [0.29, 0.717) is 44.9 Å². The number of fused-ring (bicyclic) bond motifs is 5. The van der Waals surface area contributed by atoms with Gasteiger partial charge in [0.25, 0.3) is 0 Å². The van der Waals surface area contributed by atoms with Crippen LogP contribution in [0.5, 0.6) is 0 Å². The van der Waals surface area contributed by atoms with Crippen molar-refractivity contribution in [3.8, 4) is 0 Å². The summed E-state index contributed by atoms with van der Waals surface area (Å²) in [7, 11) is 0. The van der Waals surface area contributed by atoms with Crippen LogP contribution in [0.2, 0.25) is 0 Å². The molecule has 252 valence electrons. The summed E-state index contributed by atoms with van der Waals surface area (Å²) in [6.07, 6.45) is -2.66. The van der Waals surface area contributed by atoms with Crippen LogP contribution in [0.15, 0.2) is 11.6 Å². The molecule has 4 fully saturated rings.